The van der Waals surface area contributed by atoms with Crippen LogP contribution in [0.25, 0.3) is 0 Å². The van der Waals surface area contributed by atoms with Gasteiger partial charge in [0.1, 0.15) is 0 Å². The smallest absolute Gasteiger partial charge is 0.305 e. The number of anilines is 1. The molecule has 5 nitrogen and oxygen atoms in total. The highest BCUT2D eigenvalue weighted by Gasteiger charge is 2.31. The fourth-order valence-electron chi connectivity index (χ4n) is 2.33. The second-order valence-electron chi connectivity index (χ2n) is 4.99. The first-order valence-electron chi connectivity index (χ1n) is 6.26. The van der Waals surface area contributed by atoms with Gasteiger partial charge in [-0.25, -0.2) is 0 Å². The fraction of sp³-hybridized carbons (Fsp3) is 0.429. The van der Waals surface area contributed by atoms with E-state index in [1.54, 1.807) is 11.9 Å². The molecule has 0 saturated carbocycles. The van der Waals surface area contributed by atoms with Gasteiger partial charge < -0.3 is 14.9 Å². The minimum atomic E-state index is -0.843. The summed E-state index contributed by atoms with van der Waals surface area (Å²) in [5.41, 5.74) is 2.04. The first kappa shape index (κ1) is 13.4. The van der Waals surface area contributed by atoms with Crippen LogP contribution in [-0.2, 0) is 9.59 Å². The van der Waals surface area contributed by atoms with Gasteiger partial charge in [0, 0.05) is 19.3 Å². The summed E-state index contributed by atoms with van der Waals surface area (Å²) in [6.07, 6.45) is 0.0332. The third kappa shape index (κ3) is 3.05. The molecule has 0 spiro atoms. The molecule has 1 N–H and O–H groups in total. The van der Waals surface area contributed by atoms with Crippen molar-refractivity contribution in [2.45, 2.75) is 19.4 Å². The molecule has 5 heteroatoms. The molecule has 19 heavy (non-hydrogen) atoms. The van der Waals surface area contributed by atoms with Crippen molar-refractivity contribution in [1.82, 2.24) is 4.90 Å². The van der Waals surface area contributed by atoms with E-state index >= 15 is 0 Å². The molecule has 1 aromatic carbocycles. The molecular formula is C14H18N2O3. The van der Waals surface area contributed by atoms with E-state index in [0.29, 0.717) is 6.54 Å². The Morgan fingerprint density at radius 2 is 2.00 bits per heavy atom. The SMILES string of the molecule is Cc1ccc(N2CC(=O)N(C)CC2CC(=O)O)cc1. The van der Waals surface area contributed by atoms with Crippen LogP contribution >= 0.6 is 0 Å². The topological polar surface area (TPSA) is 60.9 Å². The van der Waals surface area contributed by atoms with Gasteiger partial charge in [-0.3, -0.25) is 9.59 Å². The summed E-state index contributed by atoms with van der Waals surface area (Å²) < 4.78 is 0. The van der Waals surface area contributed by atoms with Crippen molar-refractivity contribution < 1.29 is 14.7 Å². The van der Waals surface area contributed by atoms with Crippen LogP contribution in [0.3, 0.4) is 0 Å². The summed E-state index contributed by atoms with van der Waals surface area (Å²) in [6, 6.07) is 7.63. The van der Waals surface area contributed by atoms with Crippen molar-refractivity contribution in [2.24, 2.45) is 0 Å². The van der Waals surface area contributed by atoms with Gasteiger partial charge in [-0.15, -0.1) is 0 Å². The summed E-state index contributed by atoms with van der Waals surface area (Å²) in [6.45, 7) is 2.67. The number of hydrogen-bond acceptors (Lipinski definition) is 3. The van der Waals surface area contributed by atoms with Crippen molar-refractivity contribution in [3.05, 3.63) is 29.8 Å². The minimum Gasteiger partial charge on any atom is -0.481 e. The molecule has 0 radical (unpaired) electrons. The van der Waals surface area contributed by atoms with Gasteiger partial charge in [0.15, 0.2) is 0 Å². The molecule has 2 rings (SSSR count). The fourth-order valence-corrected chi connectivity index (χ4v) is 2.33. The summed E-state index contributed by atoms with van der Waals surface area (Å²) in [5, 5.41) is 9.00. The number of amides is 1. The predicted octanol–water partition coefficient (Wildman–Crippen LogP) is 1.12. The van der Waals surface area contributed by atoms with Gasteiger partial charge in [-0.2, -0.15) is 0 Å². The van der Waals surface area contributed by atoms with E-state index in [-0.39, 0.29) is 24.9 Å². The van der Waals surface area contributed by atoms with E-state index in [9.17, 15) is 9.59 Å². The molecule has 1 unspecified atom stereocenters. The second-order valence-corrected chi connectivity index (χ2v) is 4.99. The highest BCUT2D eigenvalue weighted by molar-refractivity contribution is 5.83. The number of carbonyl (C=O) groups is 2. The monoisotopic (exact) mass is 262 g/mol. The van der Waals surface area contributed by atoms with Gasteiger partial charge >= 0.3 is 5.97 Å². The van der Waals surface area contributed by atoms with Gasteiger partial charge in [0.25, 0.3) is 0 Å². The molecule has 1 aliphatic rings. The normalized spacial score (nSPS) is 19.7. The van der Waals surface area contributed by atoms with Crippen molar-refractivity contribution in [1.29, 1.82) is 0 Å². The van der Waals surface area contributed by atoms with E-state index < -0.39 is 5.97 Å². The zero-order chi connectivity index (χ0) is 14.0. The maximum atomic E-state index is 11.8. The van der Waals surface area contributed by atoms with E-state index in [0.717, 1.165) is 11.3 Å². The maximum Gasteiger partial charge on any atom is 0.305 e. The van der Waals surface area contributed by atoms with E-state index in [2.05, 4.69) is 0 Å². The number of carboxylic acids is 1. The van der Waals surface area contributed by atoms with E-state index in [1.807, 2.05) is 36.1 Å². The Bertz CT molecular complexity index is 484. The first-order chi connectivity index (χ1) is 8.97. The summed E-state index contributed by atoms with van der Waals surface area (Å²) in [4.78, 5) is 26.2. The van der Waals surface area contributed by atoms with Crippen LogP contribution in [0.5, 0.6) is 0 Å². The Balaban J connectivity index is 2.25. The molecule has 0 bridgehead atoms. The molecule has 0 aromatic heterocycles. The summed E-state index contributed by atoms with van der Waals surface area (Å²) in [7, 11) is 1.71. The highest BCUT2D eigenvalue weighted by Crippen LogP contribution is 2.22. The molecule has 1 aliphatic heterocycles. The molecule has 1 fully saturated rings. The highest BCUT2D eigenvalue weighted by atomic mass is 16.4. The second kappa shape index (κ2) is 5.30. The lowest BCUT2D eigenvalue weighted by molar-refractivity contribution is -0.139. The molecule has 0 aliphatic carbocycles. The summed E-state index contributed by atoms with van der Waals surface area (Å²) >= 11 is 0. The van der Waals surface area contributed by atoms with Crippen LogP contribution in [0.15, 0.2) is 24.3 Å². The number of likely N-dealkylation sites (N-methyl/N-ethyl adjacent to an activating group) is 1. The largest absolute Gasteiger partial charge is 0.481 e. The number of piperazine rings is 1. The third-order valence-electron chi connectivity index (χ3n) is 3.43. The number of carboxylic acid groups (broad SMARTS) is 1. The van der Waals surface area contributed by atoms with Crippen molar-refractivity contribution >= 4 is 17.6 Å². The number of nitrogens with zero attached hydrogens (tertiary/aromatic N) is 2. The number of rotatable bonds is 3. The van der Waals surface area contributed by atoms with Crippen molar-refractivity contribution in [3.8, 4) is 0 Å². The Hall–Kier alpha value is -2.04. The third-order valence-corrected chi connectivity index (χ3v) is 3.43. The lowest BCUT2D eigenvalue weighted by Crippen LogP contribution is -2.55. The Labute approximate surface area is 112 Å². The first-order valence-corrected chi connectivity index (χ1v) is 6.26. The standard InChI is InChI=1S/C14H18N2O3/c1-10-3-5-11(6-4-10)16-9-13(17)15(2)8-12(16)7-14(18)19/h3-6,12H,7-9H2,1-2H3,(H,18,19). The Kier molecular flexibility index (Phi) is 3.74. The zero-order valence-corrected chi connectivity index (χ0v) is 11.2. The van der Waals surface area contributed by atoms with Crippen LogP contribution < -0.4 is 4.90 Å². The van der Waals surface area contributed by atoms with E-state index in [1.165, 1.54) is 0 Å². The average Bonchev–Trinajstić information content (AvgIpc) is 2.34. The molecule has 1 heterocycles. The van der Waals surface area contributed by atoms with Gasteiger partial charge in [-0.05, 0) is 19.1 Å². The van der Waals surface area contributed by atoms with Crippen LogP contribution in [0.2, 0.25) is 0 Å². The van der Waals surface area contributed by atoms with Gasteiger partial charge in [-0.1, -0.05) is 17.7 Å². The predicted molar refractivity (Wildman–Crippen MR) is 72.2 cm³/mol. The van der Waals surface area contributed by atoms with Crippen LogP contribution in [-0.4, -0.2) is 48.1 Å². The van der Waals surface area contributed by atoms with E-state index in [4.69, 9.17) is 5.11 Å². The number of benzene rings is 1. The Morgan fingerprint density at radius 1 is 1.37 bits per heavy atom. The number of carbonyl (C=O) groups excluding carboxylic acids is 1. The van der Waals surface area contributed by atoms with Crippen LogP contribution in [0.1, 0.15) is 12.0 Å². The van der Waals surface area contributed by atoms with Crippen LogP contribution in [0.4, 0.5) is 5.69 Å². The van der Waals surface area contributed by atoms with Gasteiger partial charge in [0.2, 0.25) is 5.91 Å². The lowest BCUT2D eigenvalue weighted by atomic mass is 10.1. The van der Waals surface area contributed by atoms with Gasteiger partial charge in [0.05, 0.1) is 19.0 Å². The molecule has 1 atom stereocenters. The molecular weight excluding hydrogens is 244 g/mol. The number of aryl methyl sites for hydroxylation is 1. The zero-order valence-electron chi connectivity index (χ0n) is 11.2. The molecule has 102 valence electrons. The molecule has 1 saturated heterocycles. The Morgan fingerprint density at radius 3 is 2.58 bits per heavy atom. The minimum absolute atomic E-state index is 0.0159. The maximum absolute atomic E-state index is 11.8. The lowest BCUT2D eigenvalue weighted by Gasteiger charge is -2.40. The summed E-state index contributed by atoms with van der Waals surface area (Å²) in [5.74, 6) is -0.827. The van der Waals surface area contributed by atoms with Crippen LogP contribution in [0, 0.1) is 6.92 Å². The molecule has 1 aromatic rings. The van der Waals surface area contributed by atoms with Crippen molar-refractivity contribution in [3.63, 3.8) is 0 Å². The molecule has 1 amide bonds. The quantitative estimate of drug-likeness (QED) is 0.886. The average molecular weight is 262 g/mol. The van der Waals surface area contributed by atoms with Crippen molar-refractivity contribution in [2.75, 3.05) is 25.0 Å². The number of hydrogen-bond donors (Lipinski definition) is 1. The number of aliphatic carboxylic acids is 1.